The molecule has 0 spiro atoms. The van der Waals surface area contributed by atoms with Crippen LogP contribution < -0.4 is 0 Å². The molecule has 6 heteroatoms. The van der Waals surface area contributed by atoms with Crippen LogP contribution in [0.5, 0.6) is 0 Å². The minimum absolute atomic E-state index is 0. The molecule has 0 saturated heterocycles. The maximum absolute atomic E-state index is 8.82. The molecule has 2 N–H and O–H groups in total. The summed E-state index contributed by atoms with van der Waals surface area (Å²) in [6.45, 7) is 0. The van der Waals surface area contributed by atoms with E-state index in [4.69, 9.17) is 16.0 Å². The number of rotatable bonds is 0. The smallest absolute Gasteiger partial charge is 0 e. The molecule has 3 radical (unpaired) electrons. The van der Waals surface area contributed by atoms with Gasteiger partial charge >= 0.3 is 29.4 Å². The molecule has 0 aromatic carbocycles. The molecule has 4 nitrogen and oxygen atoms in total. The molecule has 0 unspecified atom stereocenters. The summed E-state index contributed by atoms with van der Waals surface area (Å²) in [6.07, 6.45) is 0. The molecular weight excluding hydrogens is 352 g/mol. The quantitative estimate of drug-likeness (QED) is 0.489. The van der Waals surface area contributed by atoms with Crippen molar-refractivity contribution in [3.8, 4) is 0 Å². The van der Waals surface area contributed by atoms with Crippen LogP contribution >= 0.6 is 0 Å². The summed E-state index contributed by atoms with van der Waals surface area (Å²) in [7, 11) is 0. The van der Waals surface area contributed by atoms with Crippen molar-refractivity contribution >= 4 is 39.6 Å². The van der Waals surface area contributed by atoms with Gasteiger partial charge in [0, 0.05) is 26.2 Å². The Labute approximate surface area is 55.6 Å². The van der Waals surface area contributed by atoms with Gasteiger partial charge < -0.3 is 0 Å². The van der Waals surface area contributed by atoms with Crippen LogP contribution in [-0.2, 0) is 7.67 Å². The third-order valence-corrected chi connectivity index (χ3v) is 0. The molecule has 0 rings (SSSR count). The van der Waals surface area contributed by atoms with Crippen molar-refractivity contribution in [2.24, 2.45) is 0 Å². The fraction of sp³-hybridized carbons (Fsp3) is 0. The first kappa shape index (κ1) is 10.0. The molecule has 0 aliphatic heterocycles. The SMILES string of the molecule is O=[Se](=O)(O)O.[Bi]. The normalized spacial score (nSPS) is 9.67. The number of hydrogen-bond acceptors (Lipinski definition) is 2. The molecule has 0 aliphatic rings. The van der Waals surface area contributed by atoms with Crippen LogP contribution in [0, 0.1) is 0 Å². The Kier molecular flexibility index (Phi) is 5.00. The van der Waals surface area contributed by atoms with Crippen molar-refractivity contribution in [1.29, 1.82) is 0 Å². The monoisotopic (exact) mass is 355 g/mol. The fourth-order valence-electron chi connectivity index (χ4n) is 0. The largest absolute Gasteiger partial charge is 0 e. The molecule has 0 fully saturated rings. The van der Waals surface area contributed by atoms with E-state index in [0.29, 0.717) is 0 Å². The third-order valence-electron chi connectivity index (χ3n) is 0. The average Bonchev–Trinajstić information content (AvgIpc) is 0.722. The maximum atomic E-state index is 8.82. The zero-order valence-corrected chi connectivity index (χ0v) is 7.76. The van der Waals surface area contributed by atoms with Gasteiger partial charge in [-0.3, -0.25) is 0 Å². The Morgan fingerprint density at radius 1 is 1.17 bits per heavy atom. The van der Waals surface area contributed by atoms with Gasteiger partial charge in [0.1, 0.15) is 0 Å². The predicted molar refractivity (Wildman–Crippen MR) is 17.3 cm³/mol. The molecule has 0 saturated carbocycles. The van der Waals surface area contributed by atoms with E-state index in [-0.39, 0.29) is 26.2 Å². The van der Waals surface area contributed by atoms with Gasteiger partial charge in [-0.1, -0.05) is 0 Å². The molecular formula is H2BiO4Se. The standard InChI is InChI=1S/Bi.H2O4Se/c;1-5(2,3)4/h;(H2,1,2,3,4). The van der Waals surface area contributed by atoms with Crippen LogP contribution in [0.1, 0.15) is 0 Å². The molecule has 0 aliphatic carbocycles. The summed E-state index contributed by atoms with van der Waals surface area (Å²) in [6, 6.07) is 0. The van der Waals surface area contributed by atoms with Crippen LogP contribution in [0.3, 0.4) is 0 Å². The Bertz CT molecular complexity index is 90.7. The van der Waals surface area contributed by atoms with E-state index >= 15 is 0 Å². The first-order chi connectivity index (χ1) is 2.00. The Morgan fingerprint density at radius 3 is 1.17 bits per heavy atom. The third kappa shape index (κ3) is 89.0. The van der Waals surface area contributed by atoms with E-state index in [1.54, 1.807) is 0 Å². The molecule has 37 valence electrons. The van der Waals surface area contributed by atoms with Crippen LogP contribution in [0.4, 0.5) is 0 Å². The van der Waals surface area contributed by atoms with Crippen molar-refractivity contribution < 1.29 is 16.0 Å². The van der Waals surface area contributed by atoms with Crippen molar-refractivity contribution in [2.75, 3.05) is 0 Å². The molecule has 0 heterocycles. The van der Waals surface area contributed by atoms with Crippen molar-refractivity contribution in [3.63, 3.8) is 0 Å². The van der Waals surface area contributed by atoms with E-state index in [0.717, 1.165) is 0 Å². The first-order valence-electron chi connectivity index (χ1n) is 0.698. The van der Waals surface area contributed by atoms with E-state index < -0.39 is 13.4 Å². The number of hydrogen-bond donors (Lipinski definition) is 2. The van der Waals surface area contributed by atoms with E-state index in [1.807, 2.05) is 0 Å². The van der Waals surface area contributed by atoms with E-state index in [9.17, 15) is 0 Å². The zero-order chi connectivity index (χ0) is 4.50. The fourth-order valence-corrected chi connectivity index (χ4v) is 0. The summed E-state index contributed by atoms with van der Waals surface area (Å²) in [5, 5.41) is 0. The minimum Gasteiger partial charge on any atom is 0 e. The van der Waals surface area contributed by atoms with Gasteiger partial charge in [0.25, 0.3) is 0 Å². The second kappa shape index (κ2) is 2.99. The van der Waals surface area contributed by atoms with Gasteiger partial charge in [-0.25, -0.2) is 0 Å². The molecule has 0 amide bonds. The summed E-state index contributed by atoms with van der Waals surface area (Å²) in [5.74, 6) is 0. The topological polar surface area (TPSA) is 74.6 Å². The zero-order valence-electron chi connectivity index (χ0n) is 2.57. The van der Waals surface area contributed by atoms with E-state index in [1.165, 1.54) is 0 Å². The Balaban J connectivity index is 0. The van der Waals surface area contributed by atoms with Crippen molar-refractivity contribution in [1.82, 2.24) is 0 Å². The van der Waals surface area contributed by atoms with Crippen LogP contribution in [-0.4, -0.2) is 47.9 Å². The van der Waals surface area contributed by atoms with Gasteiger partial charge in [-0.15, -0.1) is 0 Å². The average molecular weight is 354 g/mol. The summed E-state index contributed by atoms with van der Waals surface area (Å²) in [4.78, 5) is 0. The molecule has 0 aromatic rings. The van der Waals surface area contributed by atoms with Gasteiger partial charge in [0.15, 0.2) is 0 Å². The van der Waals surface area contributed by atoms with Gasteiger partial charge in [-0.2, -0.15) is 0 Å². The van der Waals surface area contributed by atoms with Crippen LogP contribution in [0.2, 0.25) is 0 Å². The Morgan fingerprint density at radius 2 is 1.17 bits per heavy atom. The molecule has 0 bridgehead atoms. The summed E-state index contributed by atoms with van der Waals surface area (Å²) in [5.41, 5.74) is 0. The summed E-state index contributed by atoms with van der Waals surface area (Å²) < 4.78 is 31.9. The minimum atomic E-state index is -5.25. The first-order valence-corrected chi connectivity index (χ1v) is 3.63. The maximum Gasteiger partial charge on any atom is 0 e. The second-order valence-electron chi connectivity index (χ2n) is 0.448. The van der Waals surface area contributed by atoms with Crippen molar-refractivity contribution in [3.05, 3.63) is 0 Å². The van der Waals surface area contributed by atoms with Crippen LogP contribution in [0.25, 0.3) is 0 Å². The van der Waals surface area contributed by atoms with Crippen molar-refractivity contribution in [2.45, 2.75) is 0 Å². The van der Waals surface area contributed by atoms with Crippen LogP contribution in [0.15, 0.2) is 0 Å². The summed E-state index contributed by atoms with van der Waals surface area (Å²) >= 11 is -5.25. The van der Waals surface area contributed by atoms with Gasteiger partial charge in [-0.05, 0) is 0 Å². The van der Waals surface area contributed by atoms with Gasteiger partial charge in [0.2, 0.25) is 0 Å². The molecule has 6 heavy (non-hydrogen) atoms. The van der Waals surface area contributed by atoms with E-state index in [2.05, 4.69) is 0 Å². The Hall–Kier alpha value is 0.923. The molecule has 0 aromatic heterocycles. The van der Waals surface area contributed by atoms with Gasteiger partial charge in [0.05, 0.1) is 0 Å². The predicted octanol–water partition coefficient (Wildman–Crippen LogP) is -2.11. The molecule has 0 atom stereocenters. The second-order valence-corrected chi connectivity index (χ2v) is 2.33.